The van der Waals surface area contributed by atoms with Gasteiger partial charge in [0, 0.05) is 29.1 Å². The second-order valence-corrected chi connectivity index (χ2v) is 12.5. The smallest absolute Gasteiger partial charge is 0.329 e. The van der Waals surface area contributed by atoms with Crippen LogP contribution in [0.3, 0.4) is 0 Å². The third-order valence-corrected chi connectivity index (χ3v) is 8.91. The molecule has 6 N–H and O–H groups in total. The molecule has 0 aliphatic carbocycles. The van der Waals surface area contributed by atoms with E-state index in [2.05, 4.69) is 19.7 Å². The summed E-state index contributed by atoms with van der Waals surface area (Å²) >= 11 is 4.16. The number of esters is 1. The van der Waals surface area contributed by atoms with Gasteiger partial charge in [0.05, 0.1) is 0 Å². The zero-order valence-electron chi connectivity index (χ0n) is 24.3. The minimum Gasteiger partial charge on any atom is -0.478 e. The van der Waals surface area contributed by atoms with E-state index in [1.54, 1.807) is 60.7 Å². The second-order valence-electron chi connectivity index (χ2n) is 9.14. The predicted molar refractivity (Wildman–Crippen MR) is 185 cm³/mol. The molecule has 2 rings (SSSR count). The highest BCUT2D eigenvalue weighted by Gasteiger charge is 2.22. The van der Waals surface area contributed by atoms with Crippen molar-refractivity contribution in [3.63, 3.8) is 0 Å². The average molecular weight is 658 g/mol. The molecule has 2 aromatic carbocycles. The fourth-order valence-electron chi connectivity index (χ4n) is 3.37. The Morgan fingerprint density at radius 2 is 1.23 bits per heavy atom. The number of aldehydes is 2. The van der Waals surface area contributed by atoms with Crippen molar-refractivity contribution in [2.75, 3.05) is 23.0 Å². The fourth-order valence-corrected chi connectivity index (χ4v) is 5.65. The SMILES string of the molecule is C=CCSCC(N)C(=O)Oc1ccc(C=Cc2cc(OC(SCC=C)C(N)C=O)cc(OC(SCC=C)C(N)C=O)c2)cc1. The van der Waals surface area contributed by atoms with Gasteiger partial charge in [0.15, 0.2) is 10.9 Å². The fraction of sp³-hybridized carbons (Fsp3) is 0.281. The van der Waals surface area contributed by atoms with Gasteiger partial charge in [0.25, 0.3) is 0 Å². The third kappa shape index (κ3) is 13.2. The molecule has 0 radical (unpaired) electrons. The maximum Gasteiger partial charge on any atom is 0.329 e. The van der Waals surface area contributed by atoms with E-state index >= 15 is 0 Å². The van der Waals surface area contributed by atoms with Gasteiger partial charge in [0.1, 0.15) is 47.9 Å². The molecular formula is C32H39N3O6S3. The first-order chi connectivity index (χ1) is 21.2. The first kappa shape index (κ1) is 36.9. The van der Waals surface area contributed by atoms with Crippen molar-refractivity contribution in [2.24, 2.45) is 17.2 Å². The van der Waals surface area contributed by atoms with Crippen LogP contribution in [0.5, 0.6) is 17.2 Å². The molecule has 5 unspecified atom stereocenters. The largest absolute Gasteiger partial charge is 0.478 e. The van der Waals surface area contributed by atoms with E-state index in [1.807, 2.05) is 12.2 Å². The number of benzene rings is 2. The molecule has 5 atom stereocenters. The van der Waals surface area contributed by atoms with E-state index in [1.165, 1.54) is 35.3 Å². The van der Waals surface area contributed by atoms with E-state index in [-0.39, 0.29) is 0 Å². The highest BCUT2D eigenvalue weighted by Crippen LogP contribution is 2.30. The minimum absolute atomic E-state index is 0.381. The Labute approximate surface area is 271 Å². The molecule has 12 heteroatoms. The number of hydrogen-bond donors (Lipinski definition) is 3. The van der Waals surface area contributed by atoms with E-state index in [4.69, 9.17) is 31.4 Å². The van der Waals surface area contributed by atoms with Gasteiger partial charge in [-0.05, 0) is 35.4 Å². The summed E-state index contributed by atoms with van der Waals surface area (Å²) in [6.45, 7) is 11.1. The van der Waals surface area contributed by atoms with Gasteiger partial charge < -0.3 is 41.0 Å². The standard InChI is InChI=1S/C32H39N3O6S3/c1-4-13-42-21-29(35)30(38)39-24-11-9-22(10-12-24)7-8-23-16-25(40-31(27(33)19-36)43-14-5-2)18-26(17-23)41-32(28(34)20-37)44-15-6-3/h4-12,16-20,27-29,31-32H,1-3,13-15,21,33-35H2. The lowest BCUT2D eigenvalue weighted by atomic mass is 10.1. The molecule has 0 fully saturated rings. The summed E-state index contributed by atoms with van der Waals surface area (Å²) in [5, 5.41) is 0. The maximum atomic E-state index is 12.3. The molecule has 0 bridgehead atoms. The monoisotopic (exact) mass is 657 g/mol. The van der Waals surface area contributed by atoms with Crippen molar-refractivity contribution < 1.29 is 28.6 Å². The number of carbonyl (C=O) groups is 3. The van der Waals surface area contributed by atoms with Crippen LogP contribution < -0.4 is 31.4 Å². The van der Waals surface area contributed by atoms with Crippen LogP contribution in [-0.2, 0) is 14.4 Å². The molecule has 0 spiro atoms. The van der Waals surface area contributed by atoms with Gasteiger partial charge in [-0.25, -0.2) is 4.79 Å². The van der Waals surface area contributed by atoms with Gasteiger partial charge >= 0.3 is 5.97 Å². The second kappa shape index (κ2) is 20.7. The Hall–Kier alpha value is -3.26. The number of ether oxygens (including phenoxy) is 3. The number of hydrogen-bond acceptors (Lipinski definition) is 12. The van der Waals surface area contributed by atoms with E-state index in [0.29, 0.717) is 58.4 Å². The Balaban J connectivity index is 2.30. The van der Waals surface area contributed by atoms with Crippen LogP contribution in [0.2, 0.25) is 0 Å². The highest BCUT2D eigenvalue weighted by molar-refractivity contribution is 8.00. The summed E-state index contributed by atoms with van der Waals surface area (Å²) in [5.41, 5.74) is 18.1. The molecular weight excluding hydrogens is 619 g/mol. The number of rotatable bonds is 22. The van der Waals surface area contributed by atoms with Gasteiger partial charge in [-0.15, -0.1) is 43.3 Å². The Morgan fingerprint density at radius 1 is 0.727 bits per heavy atom. The number of thioether (sulfide) groups is 3. The molecule has 0 heterocycles. The van der Waals surface area contributed by atoms with Crippen LogP contribution in [0, 0.1) is 0 Å². The number of nitrogens with two attached hydrogens (primary N) is 3. The van der Waals surface area contributed by atoms with Gasteiger partial charge in [-0.2, -0.15) is 11.8 Å². The Kier molecular flexibility index (Phi) is 17.3. The maximum absolute atomic E-state index is 12.3. The molecule has 0 aliphatic heterocycles. The van der Waals surface area contributed by atoms with E-state index in [9.17, 15) is 14.4 Å². The first-order valence-corrected chi connectivity index (χ1v) is 16.8. The lowest BCUT2D eigenvalue weighted by Crippen LogP contribution is -2.38. The summed E-state index contributed by atoms with van der Waals surface area (Å²) < 4.78 is 17.6. The Bertz CT molecular complexity index is 1220. The van der Waals surface area contributed by atoms with Crippen molar-refractivity contribution in [1.82, 2.24) is 0 Å². The molecule has 0 aliphatic rings. The third-order valence-electron chi connectivity index (χ3n) is 5.51. The van der Waals surface area contributed by atoms with Crippen LogP contribution in [0.15, 0.2) is 80.4 Å². The van der Waals surface area contributed by atoms with E-state index in [0.717, 1.165) is 5.56 Å². The van der Waals surface area contributed by atoms with Gasteiger partial charge in [0.2, 0.25) is 0 Å². The van der Waals surface area contributed by atoms with Crippen molar-refractivity contribution in [2.45, 2.75) is 29.0 Å². The average Bonchev–Trinajstić information content (AvgIpc) is 3.03. The molecule has 0 saturated carbocycles. The minimum atomic E-state index is -0.879. The zero-order chi connectivity index (χ0) is 32.3. The van der Waals surface area contributed by atoms with Crippen LogP contribution >= 0.6 is 35.3 Å². The van der Waals surface area contributed by atoms with Crippen LogP contribution in [0.25, 0.3) is 12.2 Å². The van der Waals surface area contributed by atoms with Crippen LogP contribution in [0.4, 0.5) is 0 Å². The van der Waals surface area contributed by atoms with E-state index < -0.39 is 35.0 Å². The molecule has 44 heavy (non-hydrogen) atoms. The molecule has 2 aromatic rings. The molecule has 0 aromatic heterocycles. The predicted octanol–water partition coefficient (Wildman–Crippen LogP) is 4.31. The molecule has 9 nitrogen and oxygen atoms in total. The lowest BCUT2D eigenvalue weighted by Gasteiger charge is -2.23. The molecule has 236 valence electrons. The zero-order valence-corrected chi connectivity index (χ0v) is 26.8. The van der Waals surface area contributed by atoms with Crippen molar-refractivity contribution >= 4 is 66.0 Å². The lowest BCUT2D eigenvalue weighted by molar-refractivity contribution is -0.135. The quantitative estimate of drug-likeness (QED) is 0.0314. The van der Waals surface area contributed by atoms with Crippen molar-refractivity contribution in [3.05, 3.63) is 91.6 Å². The summed E-state index contributed by atoms with van der Waals surface area (Å²) in [7, 11) is 0. The molecule has 0 saturated heterocycles. The van der Waals surface area contributed by atoms with Crippen molar-refractivity contribution in [1.29, 1.82) is 0 Å². The summed E-state index contributed by atoms with van der Waals surface area (Å²) in [4.78, 5) is 35.1. The normalized spacial score (nSPS) is 14.4. The first-order valence-electron chi connectivity index (χ1n) is 13.5. The molecule has 0 amide bonds. The van der Waals surface area contributed by atoms with Gasteiger partial charge in [-0.3, -0.25) is 0 Å². The van der Waals surface area contributed by atoms with Crippen LogP contribution in [-0.4, -0.2) is 70.6 Å². The summed E-state index contributed by atoms with van der Waals surface area (Å²) in [6, 6.07) is 9.66. The highest BCUT2D eigenvalue weighted by atomic mass is 32.2. The Morgan fingerprint density at radius 3 is 1.70 bits per heavy atom. The van der Waals surface area contributed by atoms with Gasteiger partial charge in [-0.1, -0.05) is 42.5 Å². The summed E-state index contributed by atoms with van der Waals surface area (Å²) in [6.07, 6.45) is 10.1. The summed E-state index contributed by atoms with van der Waals surface area (Å²) in [5.74, 6) is 2.86. The van der Waals surface area contributed by atoms with Crippen molar-refractivity contribution in [3.8, 4) is 17.2 Å². The number of carbonyl (C=O) groups excluding carboxylic acids is 3. The van der Waals surface area contributed by atoms with Crippen LogP contribution in [0.1, 0.15) is 11.1 Å². The topological polar surface area (TPSA) is 157 Å².